The van der Waals surface area contributed by atoms with E-state index in [0.29, 0.717) is 6.04 Å². The molecule has 3 nitrogen and oxygen atoms in total. The molecular weight excluding hydrogens is 268 g/mol. The molecule has 0 unspecified atom stereocenters. The minimum atomic E-state index is 0.472. The zero-order chi connectivity index (χ0) is 14.5. The molecule has 20 heavy (non-hydrogen) atoms. The second-order valence-corrected chi connectivity index (χ2v) is 6.18. The second-order valence-electron chi connectivity index (χ2n) is 5.15. The van der Waals surface area contributed by atoms with Gasteiger partial charge in [0.25, 0.3) is 0 Å². The van der Waals surface area contributed by atoms with E-state index in [1.54, 1.807) is 18.4 Å². The molecule has 1 aromatic heterocycles. The average Bonchev–Trinajstić information content (AvgIpc) is 2.92. The summed E-state index contributed by atoms with van der Waals surface area (Å²) in [5.41, 5.74) is 7.72. The van der Waals surface area contributed by atoms with Gasteiger partial charge < -0.3 is 10.5 Å². The van der Waals surface area contributed by atoms with E-state index in [9.17, 15) is 0 Å². The summed E-state index contributed by atoms with van der Waals surface area (Å²) in [5.74, 6) is 0.863. The van der Waals surface area contributed by atoms with E-state index in [1.807, 2.05) is 12.1 Å². The molecule has 1 heterocycles. The first-order chi connectivity index (χ1) is 9.60. The monoisotopic (exact) mass is 290 g/mol. The van der Waals surface area contributed by atoms with Crippen LogP contribution in [0.4, 0.5) is 5.69 Å². The highest BCUT2D eigenvalue weighted by atomic mass is 32.1. The van der Waals surface area contributed by atoms with E-state index >= 15 is 0 Å². The molecule has 0 bridgehead atoms. The van der Waals surface area contributed by atoms with E-state index in [1.165, 1.54) is 10.4 Å². The van der Waals surface area contributed by atoms with Gasteiger partial charge in [0.15, 0.2) is 0 Å². The normalized spacial score (nSPS) is 11.2. The molecule has 0 aliphatic rings. The fourth-order valence-corrected chi connectivity index (χ4v) is 2.86. The van der Waals surface area contributed by atoms with Crippen molar-refractivity contribution in [1.82, 2.24) is 4.90 Å². The molecule has 2 N–H and O–H groups in total. The molecule has 0 aliphatic heterocycles. The molecule has 0 radical (unpaired) electrons. The quantitative estimate of drug-likeness (QED) is 0.823. The van der Waals surface area contributed by atoms with Crippen LogP contribution in [0.25, 0.3) is 0 Å². The zero-order valence-corrected chi connectivity index (χ0v) is 13.1. The lowest BCUT2D eigenvalue weighted by Crippen LogP contribution is -2.29. The third kappa shape index (κ3) is 3.74. The average molecular weight is 290 g/mol. The van der Waals surface area contributed by atoms with Gasteiger partial charge in [0.1, 0.15) is 5.75 Å². The number of thiophene rings is 1. The Balaban J connectivity index is 2.15. The van der Waals surface area contributed by atoms with E-state index in [2.05, 4.69) is 42.3 Å². The predicted octanol–water partition coefficient (Wildman–Crippen LogP) is 3.75. The molecule has 0 spiro atoms. The van der Waals surface area contributed by atoms with Crippen molar-refractivity contribution in [3.63, 3.8) is 0 Å². The molecule has 1 aromatic carbocycles. The van der Waals surface area contributed by atoms with E-state index in [0.717, 1.165) is 24.5 Å². The van der Waals surface area contributed by atoms with Crippen LogP contribution in [0, 0.1) is 0 Å². The molecule has 0 saturated heterocycles. The van der Waals surface area contributed by atoms with Gasteiger partial charge in [-0.25, -0.2) is 0 Å². The van der Waals surface area contributed by atoms with E-state index in [4.69, 9.17) is 10.5 Å². The Morgan fingerprint density at radius 2 is 2.05 bits per heavy atom. The van der Waals surface area contributed by atoms with Crippen LogP contribution in [0.1, 0.15) is 24.3 Å². The summed E-state index contributed by atoms with van der Waals surface area (Å²) >= 11 is 1.80. The first-order valence-electron chi connectivity index (χ1n) is 6.79. The molecule has 108 valence electrons. The molecule has 4 heteroatoms. The zero-order valence-electron chi connectivity index (χ0n) is 12.3. The van der Waals surface area contributed by atoms with Crippen LogP contribution in [-0.4, -0.2) is 18.1 Å². The highest BCUT2D eigenvalue weighted by Crippen LogP contribution is 2.25. The molecule has 0 atom stereocenters. The standard InChI is InChI=1S/C16H22N2OS/c1-12(2)18(11-15-5-4-8-20-15)10-13-6-7-14(17)9-16(13)19-3/h4-9,12H,10-11,17H2,1-3H3. The first-order valence-corrected chi connectivity index (χ1v) is 7.67. The maximum absolute atomic E-state index is 5.81. The Morgan fingerprint density at radius 1 is 1.25 bits per heavy atom. The number of anilines is 1. The van der Waals surface area contributed by atoms with Crippen molar-refractivity contribution in [3.05, 3.63) is 46.2 Å². The topological polar surface area (TPSA) is 38.5 Å². The summed E-state index contributed by atoms with van der Waals surface area (Å²) in [7, 11) is 1.69. The summed E-state index contributed by atoms with van der Waals surface area (Å²) in [6, 6.07) is 10.6. The highest BCUT2D eigenvalue weighted by Gasteiger charge is 2.14. The van der Waals surface area contributed by atoms with Gasteiger partial charge in [-0.15, -0.1) is 11.3 Å². The van der Waals surface area contributed by atoms with E-state index in [-0.39, 0.29) is 0 Å². The minimum absolute atomic E-state index is 0.472. The number of hydrogen-bond donors (Lipinski definition) is 1. The SMILES string of the molecule is COc1cc(N)ccc1CN(Cc1cccs1)C(C)C. The third-order valence-electron chi connectivity index (χ3n) is 3.35. The third-order valence-corrected chi connectivity index (χ3v) is 4.22. The number of nitrogen functional groups attached to an aromatic ring is 1. The van der Waals surface area contributed by atoms with Gasteiger partial charge in [-0.1, -0.05) is 12.1 Å². The van der Waals surface area contributed by atoms with Crippen molar-refractivity contribution in [1.29, 1.82) is 0 Å². The lowest BCUT2D eigenvalue weighted by Gasteiger charge is -2.26. The van der Waals surface area contributed by atoms with Crippen molar-refractivity contribution < 1.29 is 4.74 Å². The summed E-state index contributed by atoms with van der Waals surface area (Å²) in [6.07, 6.45) is 0. The molecule has 2 aromatic rings. The van der Waals surface area contributed by atoms with Gasteiger partial charge in [0, 0.05) is 41.3 Å². The largest absolute Gasteiger partial charge is 0.496 e. The Labute approximate surface area is 125 Å². The van der Waals surface area contributed by atoms with Crippen LogP contribution in [0.3, 0.4) is 0 Å². The van der Waals surface area contributed by atoms with Crippen LogP contribution < -0.4 is 10.5 Å². The van der Waals surface area contributed by atoms with Gasteiger partial charge in [-0.2, -0.15) is 0 Å². The summed E-state index contributed by atoms with van der Waals surface area (Å²) in [6.45, 7) is 6.26. The Hall–Kier alpha value is -1.52. The minimum Gasteiger partial charge on any atom is -0.496 e. The summed E-state index contributed by atoms with van der Waals surface area (Å²) < 4.78 is 5.44. The first kappa shape index (κ1) is 14.9. The number of methoxy groups -OCH3 is 1. The van der Waals surface area contributed by atoms with E-state index < -0.39 is 0 Å². The maximum atomic E-state index is 5.81. The Kier molecular flexibility index (Phi) is 5.04. The molecular formula is C16H22N2OS. The number of benzene rings is 1. The lowest BCUT2D eigenvalue weighted by molar-refractivity contribution is 0.203. The number of nitrogens with zero attached hydrogens (tertiary/aromatic N) is 1. The van der Waals surface area contributed by atoms with Crippen LogP contribution in [0.2, 0.25) is 0 Å². The summed E-state index contributed by atoms with van der Waals surface area (Å²) in [4.78, 5) is 3.81. The lowest BCUT2D eigenvalue weighted by atomic mass is 10.1. The second kappa shape index (κ2) is 6.77. The number of rotatable bonds is 6. The number of hydrogen-bond acceptors (Lipinski definition) is 4. The van der Waals surface area contributed by atoms with Crippen LogP contribution >= 0.6 is 11.3 Å². The van der Waals surface area contributed by atoms with Crippen molar-refractivity contribution in [2.24, 2.45) is 0 Å². The van der Waals surface area contributed by atoms with Crippen molar-refractivity contribution >= 4 is 17.0 Å². The fourth-order valence-electron chi connectivity index (χ4n) is 2.13. The van der Waals surface area contributed by atoms with Gasteiger partial charge in [-0.05, 0) is 31.4 Å². The Bertz CT molecular complexity index is 537. The maximum Gasteiger partial charge on any atom is 0.125 e. The predicted molar refractivity (Wildman–Crippen MR) is 86.1 cm³/mol. The molecule has 0 saturated carbocycles. The van der Waals surface area contributed by atoms with Gasteiger partial charge in [0.05, 0.1) is 7.11 Å². The summed E-state index contributed by atoms with van der Waals surface area (Å²) in [5, 5.41) is 2.12. The molecule has 0 aliphatic carbocycles. The van der Waals surface area contributed by atoms with Crippen LogP contribution in [0.15, 0.2) is 35.7 Å². The number of ether oxygens (including phenoxy) is 1. The van der Waals surface area contributed by atoms with Crippen LogP contribution in [-0.2, 0) is 13.1 Å². The van der Waals surface area contributed by atoms with Crippen molar-refractivity contribution in [2.45, 2.75) is 33.0 Å². The Morgan fingerprint density at radius 3 is 2.65 bits per heavy atom. The van der Waals surface area contributed by atoms with Crippen molar-refractivity contribution in [3.8, 4) is 5.75 Å². The van der Waals surface area contributed by atoms with Crippen molar-refractivity contribution in [2.75, 3.05) is 12.8 Å². The molecule has 2 rings (SSSR count). The highest BCUT2D eigenvalue weighted by molar-refractivity contribution is 7.09. The fraction of sp³-hybridized carbons (Fsp3) is 0.375. The molecule has 0 amide bonds. The van der Waals surface area contributed by atoms with Gasteiger partial charge in [0.2, 0.25) is 0 Å². The smallest absolute Gasteiger partial charge is 0.125 e. The van der Waals surface area contributed by atoms with Gasteiger partial charge >= 0.3 is 0 Å². The van der Waals surface area contributed by atoms with Gasteiger partial charge in [-0.3, -0.25) is 4.90 Å². The molecule has 0 fully saturated rings. The number of nitrogens with two attached hydrogens (primary N) is 1. The van der Waals surface area contributed by atoms with Crippen LogP contribution in [0.5, 0.6) is 5.75 Å².